The van der Waals surface area contributed by atoms with Crippen LogP contribution in [0.2, 0.25) is 0 Å². The standard InChI is InChI=1S/C5H3BO2/c6-5-2-1-4(3-7)8-5/h1-3H. The molecule has 38 valence electrons. The van der Waals surface area contributed by atoms with Gasteiger partial charge in [-0.25, -0.2) is 0 Å². The summed E-state index contributed by atoms with van der Waals surface area (Å²) in [6.07, 6.45) is 0.607. The topological polar surface area (TPSA) is 30.2 Å². The van der Waals surface area contributed by atoms with Crippen molar-refractivity contribution in [1.82, 2.24) is 0 Å². The molecular formula is C5H3BO2. The van der Waals surface area contributed by atoms with E-state index in [1.54, 1.807) is 0 Å². The van der Waals surface area contributed by atoms with Crippen LogP contribution in [0.3, 0.4) is 0 Å². The fourth-order valence-electron chi connectivity index (χ4n) is 0.432. The van der Waals surface area contributed by atoms with Crippen LogP contribution in [0.25, 0.3) is 0 Å². The summed E-state index contributed by atoms with van der Waals surface area (Å²) in [7, 11) is 5.13. The van der Waals surface area contributed by atoms with E-state index in [0.717, 1.165) is 0 Å². The van der Waals surface area contributed by atoms with Gasteiger partial charge in [-0.3, -0.25) is 4.79 Å². The van der Waals surface area contributed by atoms with Gasteiger partial charge in [0, 0.05) is 5.66 Å². The Balaban J connectivity index is 3.00. The number of carbonyl (C=O) groups is 1. The van der Waals surface area contributed by atoms with E-state index < -0.39 is 0 Å². The van der Waals surface area contributed by atoms with Crippen LogP contribution in [0.4, 0.5) is 0 Å². The van der Waals surface area contributed by atoms with Gasteiger partial charge in [-0.05, 0) is 12.1 Å². The Morgan fingerprint density at radius 3 is 2.62 bits per heavy atom. The second kappa shape index (κ2) is 1.86. The minimum Gasteiger partial charge on any atom is -0.470 e. The maximum atomic E-state index is 9.87. The lowest BCUT2D eigenvalue weighted by Crippen LogP contribution is -1.93. The monoisotopic (exact) mass is 106 g/mol. The molecule has 0 aliphatic heterocycles. The van der Waals surface area contributed by atoms with Gasteiger partial charge in [0.1, 0.15) is 0 Å². The molecule has 0 spiro atoms. The number of furan rings is 1. The molecule has 1 rings (SSSR count). The van der Waals surface area contributed by atoms with Crippen LogP contribution in [0.1, 0.15) is 10.6 Å². The molecule has 0 aromatic carbocycles. The van der Waals surface area contributed by atoms with Crippen LogP contribution in [-0.4, -0.2) is 14.1 Å². The molecule has 0 saturated heterocycles. The fourth-order valence-corrected chi connectivity index (χ4v) is 0.432. The SMILES string of the molecule is [B]c1ccc(C=O)o1. The molecular weight excluding hydrogens is 103 g/mol. The number of hydrogen-bond acceptors (Lipinski definition) is 2. The highest BCUT2D eigenvalue weighted by atomic mass is 16.3. The molecule has 0 aliphatic carbocycles. The van der Waals surface area contributed by atoms with E-state index in [2.05, 4.69) is 4.42 Å². The predicted octanol–water partition coefficient (Wildman–Crippen LogP) is -0.114. The van der Waals surface area contributed by atoms with Gasteiger partial charge >= 0.3 is 0 Å². The van der Waals surface area contributed by atoms with Crippen LogP contribution < -0.4 is 5.66 Å². The molecule has 2 radical (unpaired) electrons. The van der Waals surface area contributed by atoms with Crippen LogP contribution in [-0.2, 0) is 0 Å². The minimum absolute atomic E-state index is 0.266. The zero-order valence-corrected chi connectivity index (χ0v) is 4.13. The predicted molar refractivity (Wildman–Crippen MR) is 29.5 cm³/mol. The molecule has 0 bridgehead atoms. The van der Waals surface area contributed by atoms with Crippen molar-refractivity contribution in [3.8, 4) is 0 Å². The molecule has 0 N–H and O–H groups in total. The van der Waals surface area contributed by atoms with Crippen molar-refractivity contribution in [3.63, 3.8) is 0 Å². The van der Waals surface area contributed by atoms with E-state index in [-0.39, 0.29) is 11.4 Å². The van der Waals surface area contributed by atoms with Crippen LogP contribution in [0.5, 0.6) is 0 Å². The van der Waals surface area contributed by atoms with E-state index in [0.29, 0.717) is 6.29 Å². The molecule has 0 aliphatic rings. The molecule has 3 heteroatoms. The molecule has 0 unspecified atom stereocenters. The Morgan fingerprint density at radius 2 is 2.38 bits per heavy atom. The van der Waals surface area contributed by atoms with Gasteiger partial charge < -0.3 is 4.42 Å². The van der Waals surface area contributed by atoms with E-state index in [4.69, 9.17) is 7.85 Å². The minimum atomic E-state index is 0.266. The highest BCUT2D eigenvalue weighted by molar-refractivity contribution is 6.29. The van der Waals surface area contributed by atoms with Crippen LogP contribution in [0, 0.1) is 0 Å². The Labute approximate surface area is 47.9 Å². The Morgan fingerprint density at radius 1 is 1.62 bits per heavy atom. The van der Waals surface area contributed by atoms with Crippen LogP contribution >= 0.6 is 0 Å². The Hall–Kier alpha value is -0.985. The highest BCUT2D eigenvalue weighted by Crippen LogP contribution is 1.89. The van der Waals surface area contributed by atoms with E-state index in [1.165, 1.54) is 12.1 Å². The summed E-state index contributed by atoms with van der Waals surface area (Å²) in [5.74, 6) is 0.266. The molecule has 1 aromatic rings. The summed E-state index contributed by atoms with van der Waals surface area (Å²) in [5.41, 5.74) is 0.270. The zero-order valence-electron chi connectivity index (χ0n) is 4.13. The van der Waals surface area contributed by atoms with Crippen molar-refractivity contribution in [2.75, 3.05) is 0 Å². The van der Waals surface area contributed by atoms with Gasteiger partial charge in [0.2, 0.25) is 0 Å². The third-order valence-corrected chi connectivity index (χ3v) is 0.764. The summed E-state index contributed by atoms with van der Waals surface area (Å²) >= 11 is 0. The molecule has 0 saturated carbocycles. The maximum absolute atomic E-state index is 9.87. The average Bonchev–Trinajstić information content (AvgIpc) is 2.14. The van der Waals surface area contributed by atoms with Gasteiger partial charge in [-0.2, -0.15) is 0 Å². The third kappa shape index (κ3) is 0.806. The summed E-state index contributed by atoms with van der Waals surface area (Å²) < 4.78 is 4.64. The number of carbonyl (C=O) groups excluding carboxylic acids is 1. The largest absolute Gasteiger partial charge is 0.470 e. The van der Waals surface area contributed by atoms with Crippen molar-refractivity contribution >= 4 is 19.8 Å². The second-order valence-electron chi connectivity index (χ2n) is 1.36. The fraction of sp³-hybridized carbons (Fsp3) is 0. The molecule has 1 aromatic heterocycles. The van der Waals surface area contributed by atoms with Gasteiger partial charge in [0.25, 0.3) is 0 Å². The smallest absolute Gasteiger partial charge is 0.185 e. The lowest BCUT2D eigenvalue weighted by atomic mass is 10.1. The summed E-state index contributed by atoms with van der Waals surface area (Å²) in [5, 5.41) is 0. The van der Waals surface area contributed by atoms with Crippen molar-refractivity contribution in [2.45, 2.75) is 0 Å². The van der Waals surface area contributed by atoms with Gasteiger partial charge in [0.05, 0.1) is 0 Å². The van der Waals surface area contributed by atoms with Crippen molar-refractivity contribution in [2.24, 2.45) is 0 Å². The Kier molecular flexibility index (Phi) is 1.20. The number of rotatable bonds is 1. The first-order chi connectivity index (χ1) is 3.83. The number of hydrogen-bond donors (Lipinski definition) is 0. The lowest BCUT2D eigenvalue weighted by molar-refractivity contribution is 0.110. The molecule has 2 nitrogen and oxygen atoms in total. The van der Waals surface area contributed by atoms with Crippen molar-refractivity contribution in [1.29, 1.82) is 0 Å². The van der Waals surface area contributed by atoms with Crippen LogP contribution in [0.15, 0.2) is 16.5 Å². The molecule has 0 fully saturated rings. The van der Waals surface area contributed by atoms with E-state index in [9.17, 15) is 4.79 Å². The summed E-state index contributed by atoms with van der Waals surface area (Å²) in [6.45, 7) is 0. The first-order valence-electron chi connectivity index (χ1n) is 2.13. The average molecular weight is 106 g/mol. The van der Waals surface area contributed by atoms with E-state index in [1.807, 2.05) is 0 Å². The summed E-state index contributed by atoms with van der Waals surface area (Å²) in [6, 6.07) is 3.05. The van der Waals surface area contributed by atoms with Crippen molar-refractivity contribution in [3.05, 3.63) is 17.9 Å². The molecule has 8 heavy (non-hydrogen) atoms. The Bertz CT molecular complexity index is 192. The first kappa shape index (κ1) is 5.16. The van der Waals surface area contributed by atoms with Gasteiger partial charge in [-0.1, -0.05) is 0 Å². The lowest BCUT2D eigenvalue weighted by Gasteiger charge is -1.76. The quantitative estimate of drug-likeness (QED) is 0.369. The first-order valence-corrected chi connectivity index (χ1v) is 2.13. The van der Waals surface area contributed by atoms with Crippen molar-refractivity contribution < 1.29 is 9.21 Å². The maximum Gasteiger partial charge on any atom is 0.185 e. The third-order valence-electron chi connectivity index (χ3n) is 0.764. The van der Waals surface area contributed by atoms with Gasteiger partial charge in [0.15, 0.2) is 19.9 Å². The zero-order chi connectivity index (χ0) is 5.98. The summed E-state index contributed by atoms with van der Waals surface area (Å²) in [4.78, 5) is 9.87. The normalized spacial score (nSPS) is 9.00. The van der Waals surface area contributed by atoms with E-state index >= 15 is 0 Å². The number of aldehydes is 1. The molecule has 0 atom stereocenters. The highest BCUT2D eigenvalue weighted by Gasteiger charge is 1.91. The van der Waals surface area contributed by atoms with Gasteiger partial charge in [-0.15, -0.1) is 0 Å². The second-order valence-corrected chi connectivity index (χ2v) is 1.36. The molecule has 1 heterocycles. The molecule has 0 amide bonds.